The third kappa shape index (κ3) is 3.88. The summed E-state index contributed by atoms with van der Waals surface area (Å²) in [5.41, 5.74) is 4.83. The van der Waals surface area contributed by atoms with E-state index in [0.717, 1.165) is 33.5 Å². The molecule has 0 radical (unpaired) electrons. The highest BCUT2D eigenvalue weighted by atomic mass is 16.5. The Balaban J connectivity index is 1.59. The number of fused-ring (bicyclic) bond motifs is 1. The molecule has 0 bridgehead atoms. The molecule has 28 heavy (non-hydrogen) atoms. The van der Waals surface area contributed by atoms with E-state index in [4.69, 9.17) is 4.74 Å². The minimum atomic E-state index is -0.236. The van der Waals surface area contributed by atoms with Crippen LogP contribution in [0, 0.1) is 0 Å². The van der Waals surface area contributed by atoms with Crippen LogP contribution in [0.4, 0.5) is 0 Å². The predicted octanol–water partition coefficient (Wildman–Crippen LogP) is 4.02. The molecular formula is C23H21N3O2. The third-order valence-corrected chi connectivity index (χ3v) is 4.74. The predicted molar refractivity (Wildman–Crippen MR) is 109 cm³/mol. The Morgan fingerprint density at radius 3 is 2.57 bits per heavy atom. The molecule has 1 atom stereocenters. The number of carbonyl (C=O) groups is 1. The summed E-state index contributed by atoms with van der Waals surface area (Å²) in [6.45, 7) is 0. The molecule has 5 heteroatoms. The minimum absolute atomic E-state index is 0.0382. The highest BCUT2D eigenvalue weighted by molar-refractivity contribution is 5.80. The third-order valence-electron chi connectivity index (χ3n) is 4.74. The van der Waals surface area contributed by atoms with Crippen molar-refractivity contribution in [1.29, 1.82) is 0 Å². The van der Waals surface area contributed by atoms with Crippen LogP contribution < -0.4 is 10.1 Å². The molecule has 4 rings (SSSR count). The number of rotatable bonds is 6. The molecule has 1 amide bonds. The van der Waals surface area contributed by atoms with Gasteiger partial charge in [-0.3, -0.25) is 4.79 Å². The van der Waals surface area contributed by atoms with Crippen LogP contribution in [-0.4, -0.2) is 23.0 Å². The zero-order valence-corrected chi connectivity index (χ0v) is 15.6. The van der Waals surface area contributed by atoms with E-state index in [-0.39, 0.29) is 11.9 Å². The van der Waals surface area contributed by atoms with Crippen LogP contribution in [0.15, 0.2) is 79.1 Å². The van der Waals surface area contributed by atoms with Gasteiger partial charge in [-0.15, -0.1) is 0 Å². The minimum Gasteiger partial charge on any atom is -0.497 e. The van der Waals surface area contributed by atoms with E-state index in [9.17, 15) is 4.79 Å². The van der Waals surface area contributed by atoms with Crippen molar-refractivity contribution in [2.24, 2.45) is 0 Å². The van der Waals surface area contributed by atoms with E-state index < -0.39 is 0 Å². The number of carbonyl (C=O) groups excluding carboxylic acids is 1. The van der Waals surface area contributed by atoms with Crippen molar-refractivity contribution < 1.29 is 9.53 Å². The first-order chi connectivity index (χ1) is 13.7. The summed E-state index contributed by atoms with van der Waals surface area (Å²) >= 11 is 0. The molecule has 0 aliphatic carbocycles. The lowest BCUT2D eigenvalue weighted by molar-refractivity contribution is -0.120. The molecule has 0 aliphatic rings. The first-order valence-corrected chi connectivity index (χ1v) is 9.13. The topological polar surface area (TPSA) is 67.0 Å². The second-order valence-corrected chi connectivity index (χ2v) is 6.62. The van der Waals surface area contributed by atoms with Crippen molar-refractivity contribution in [2.45, 2.75) is 12.5 Å². The second-order valence-electron chi connectivity index (χ2n) is 6.62. The molecule has 0 saturated heterocycles. The summed E-state index contributed by atoms with van der Waals surface area (Å²) in [6.07, 6.45) is 1.98. The van der Waals surface area contributed by atoms with E-state index in [0.29, 0.717) is 6.42 Å². The highest BCUT2D eigenvalue weighted by Gasteiger charge is 2.18. The monoisotopic (exact) mass is 371 g/mol. The lowest BCUT2D eigenvalue weighted by atomic mass is 9.97. The summed E-state index contributed by atoms with van der Waals surface area (Å²) in [5, 5.41) is 3.18. The van der Waals surface area contributed by atoms with Gasteiger partial charge in [0.2, 0.25) is 5.91 Å². The number of aromatic nitrogens is 2. The van der Waals surface area contributed by atoms with Gasteiger partial charge < -0.3 is 15.0 Å². The molecular weight excluding hydrogens is 350 g/mol. The SMILES string of the molecule is COc1ccc(CC(=O)NC(c2ccccc2)c2ccc3nc[nH]c3c2)cc1. The number of nitrogens with zero attached hydrogens (tertiary/aromatic N) is 1. The van der Waals surface area contributed by atoms with Crippen LogP contribution >= 0.6 is 0 Å². The van der Waals surface area contributed by atoms with Crippen molar-refractivity contribution in [3.8, 4) is 5.75 Å². The maximum absolute atomic E-state index is 12.8. The Labute approximate surface area is 163 Å². The van der Waals surface area contributed by atoms with Crippen LogP contribution in [-0.2, 0) is 11.2 Å². The molecule has 0 spiro atoms. The summed E-state index contributed by atoms with van der Waals surface area (Å²) in [6, 6.07) is 23.3. The first-order valence-electron chi connectivity index (χ1n) is 9.13. The van der Waals surface area contributed by atoms with E-state index in [1.165, 1.54) is 0 Å². The zero-order chi connectivity index (χ0) is 19.3. The number of nitrogens with one attached hydrogen (secondary N) is 2. The standard InChI is InChI=1S/C23H21N3O2/c1-28-19-10-7-16(8-11-19)13-22(27)26-23(17-5-3-2-4-6-17)18-9-12-20-21(14-18)25-15-24-20/h2-12,14-15,23H,13H2,1H3,(H,24,25)(H,26,27). The molecule has 0 aliphatic heterocycles. The average Bonchev–Trinajstić information content (AvgIpc) is 3.21. The van der Waals surface area contributed by atoms with E-state index in [1.54, 1.807) is 13.4 Å². The second kappa shape index (κ2) is 7.96. The smallest absolute Gasteiger partial charge is 0.225 e. The maximum Gasteiger partial charge on any atom is 0.225 e. The fourth-order valence-electron chi connectivity index (χ4n) is 3.28. The number of imidazole rings is 1. The molecule has 1 aromatic heterocycles. The summed E-state index contributed by atoms with van der Waals surface area (Å²) in [5.74, 6) is 0.739. The molecule has 1 unspecified atom stereocenters. The first kappa shape index (κ1) is 17.8. The van der Waals surface area contributed by atoms with Crippen molar-refractivity contribution in [3.05, 3.63) is 95.8 Å². The molecule has 4 aromatic rings. The Morgan fingerprint density at radius 1 is 1.04 bits per heavy atom. The van der Waals surface area contributed by atoms with Gasteiger partial charge in [0, 0.05) is 0 Å². The van der Waals surface area contributed by atoms with Crippen molar-refractivity contribution >= 4 is 16.9 Å². The van der Waals surface area contributed by atoms with Gasteiger partial charge in [-0.25, -0.2) is 4.98 Å². The molecule has 140 valence electrons. The lowest BCUT2D eigenvalue weighted by Gasteiger charge is -2.20. The highest BCUT2D eigenvalue weighted by Crippen LogP contribution is 2.25. The van der Waals surface area contributed by atoms with Gasteiger partial charge in [-0.1, -0.05) is 48.5 Å². The quantitative estimate of drug-likeness (QED) is 0.538. The van der Waals surface area contributed by atoms with E-state index in [1.807, 2.05) is 72.8 Å². The van der Waals surface area contributed by atoms with Crippen LogP contribution in [0.2, 0.25) is 0 Å². The van der Waals surface area contributed by atoms with E-state index in [2.05, 4.69) is 15.3 Å². The largest absolute Gasteiger partial charge is 0.497 e. The van der Waals surface area contributed by atoms with Crippen molar-refractivity contribution in [1.82, 2.24) is 15.3 Å². The van der Waals surface area contributed by atoms with Gasteiger partial charge in [0.1, 0.15) is 5.75 Å². The maximum atomic E-state index is 12.8. The van der Waals surface area contributed by atoms with Crippen LogP contribution in [0.3, 0.4) is 0 Å². The number of benzene rings is 3. The number of aromatic amines is 1. The average molecular weight is 371 g/mol. The summed E-state index contributed by atoms with van der Waals surface area (Å²) in [7, 11) is 1.63. The number of H-pyrrole nitrogens is 1. The zero-order valence-electron chi connectivity index (χ0n) is 15.6. The fourth-order valence-corrected chi connectivity index (χ4v) is 3.28. The van der Waals surface area contributed by atoms with Gasteiger partial charge in [0.25, 0.3) is 0 Å². The Morgan fingerprint density at radius 2 is 1.82 bits per heavy atom. The van der Waals surface area contributed by atoms with Crippen LogP contribution in [0.1, 0.15) is 22.7 Å². The van der Waals surface area contributed by atoms with Gasteiger partial charge in [0.15, 0.2) is 0 Å². The molecule has 0 fully saturated rings. The lowest BCUT2D eigenvalue weighted by Crippen LogP contribution is -2.30. The van der Waals surface area contributed by atoms with Gasteiger partial charge in [-0.05, 0) is 41.0 Å². The van der Waals surface area contributed by atoms with Crippen molar-refractivity contribution in [2.75, 3.05) is 7.11 Å². The Hall–Kier alpha value is -3.60. The number of hydrogen-bond acceptors (Lipinski definition) is 3. The normalized spacial score (nSPS) is 11.9. The van der Waals surface area contributed by atoms with Gasteiger partial charge >= 0.3 is 0 Å². The molecule has 3 aromatic carbocycles. The van der Waals surface area contributed by atoms with Gasteiger partial charge in [0.05, 0.1) is 36.9 Å². The molecule has 0 saturated carbocycles. The van der Waals surface area contributed by atoms with Gasteiger partial charge in [-0.2, -0.15) is 0 Å². The summed E-state index contributed by atoms with van der Waals surface area (Å²) < 4.78 is 5.17. The number of amides is 1. The Kier molecular flexibility index (Phi) is 5.06. The number of hydrogen-bond donors (Lipinski definition) is 2. The molecule has 5 nitrogen and oxygen atoms in total. The Bertz CT molecular complexity index is 1070. The fraction of sp³-hybridized carbons (Fsp3) is 0.130. The molecule has 2 N–H and O–H groups in total. The summed E-state index contributed by atoms with van der Waals surface area (Å²) in [4.78, 5) is 20.2. The van der Waals surface area contributed by atoms with E-state index >= 15 is 0 Å². The van der Waals surface area contributed by atoms with Crippen molar-refractivity contribution in [3.63, 3.8) is 0 Å². The number of ether oxygens (including phenoxy) is 1. The molecule has 1 heterocycles. The number of methoxy groups -OCH3 is 1. The van der Waals surface area contributed by atoms with Crippen LogP contribution in [0.25, 0.3) is 11.0 Å². The van der Waals surface area contributed by atoms with Crippen LogP contribution in [0.5, 0.6) is 5.75 Å².